The number of rotatable bonds is 5. The fraction of sp³-hybridized carbons (Fsp3) is 0.714. The van der Waals surface area contributed by atoms with E-state index in [0.717, 1.165) is 25.9 Å². The van der Waals surface area contributed by atoms with Crippen LogP contribution in [0.15, 0.2) is 5.16 Å². The Morgan fingerprint density at radius 2 is 1.55 bits per heavy atom. The third kappa shape index (κ3) is 5.01. The molecule has 124 valence electrons. The van der Waals surface area contributed by atoms with Crippen molar-refractivity contribution in [3.63, 3.8) is 0 Å². The number of hydrogen-bond acceptors (Lipinski definition) is 6. The van der Waals surface area contributed by atoms with E-state index in [1.807, 2.05) is 4.90 Å². The van der Waals surface area contributed by atoms with E-state index in [-0.39, 0.29) is 13.2 Å². The molecule has 1 aliphatic rings. The summed E-state index contributed by atoms with van der Waals surface area (Å²) in [5.74, 6) is -1.72. The first-order chi connectivity index (χ1) is 10.5. The van der Waals surface area contributed by atoms with E-state index in [1.165, 1.54) is 0 Å². The fourth-order valence-corrected chi connectivity index (χ4v) is 1.97. The van der Waals surface area contributed by atoms with Crippen LogP contribution in [-0.2, 0) is 23.9 Å². The van der Waals surface area contributed by atoms with E-state index >= 15 is 0 Å². The Bertz CT molecular complexity index is 443. The van der Waals surface area contributed by atoms with Crippen LogP contribution in [0.3, 0.4) is 0 Å². The van der Waals surface area contributed by atoms with Gasteiger partial charge in [0.1, 0.15) is 0 Å². The van der Waals surface area contributed by atoms with Gasteiger partial charge in [0.15, 0.2) is 0 Å². The van der Waals surface area contributed by atoms with Crippen LogP contribution >= 0.6 is 0 Å². The maximum absolute atomic E-state index is 11.8. The lowest BCUT2D eigenvalue weighted by molar-refractivity contribution is -0.481. The average molecular weight is 314 g/mol. The van der Waals surface area contributed by atoms with Crippen molar-refractivity contribution in [3.8, 4) is 0 Å². The maximum Gasteiger partial charge on any atom is 0.472 e. The van der Waals surface area contributed by atoms with Gasteiger partial charge in [-0.3, -0.25) is 4.84 Å². The number of oxime groups is 1. The molecule has 0 aromatic rings. The molecular weight excluding hydrogens is 290 g/mol. The average Bonchev–Trinajstić information content (AvgIpc) is 2.97. The fourth-order valence-electron chi connectivity index (χ4n) is 1.97. The van der Waals surface area contributed by atoms with E-state index in [9.17, 15) is 9.59 Å². The molecule has 0 radical (unpaired) electrons. The molecule has 1 saturated heterocycles. The van der Waals surface area contributed by atoms with Gasteiger partial charge in [-0.15, -0.1) is 0 Å². The lowest BCUT2D eigenvalue weighted by atomic mass is 10.4. The number of carbonyl (C=O) groups excluding carboxylic acids is 2. The number of amidine groups is 1. The number of carbonyl (C=O) groups is 2. The molecule has 0 amide bonds. The van der Waals surface area contributed by atoms with Crippen molar-refractivity contribution in [2.75, 3.05) is 40.4 Å². The Balaban J connectivity index is 2.92. The first kappa shape index (κ1) is 17.9. The lowest BCUT2D eigenvalue weighted by Gasteiger charge is -2.12. The normalized spacial score (nSPS) is 13.4. The van der Waals surface area contributed by atoms with E-state index < -0.39 is 17.7 Å². The molecule has 0 aromatic carbocycles. The third-order valence-corrected chi connectivity index (χ3v) is 2.92. The van der Waals surface area contributed by atoms with Gasteiger partial charge in [0.05, 0.1) is 40.4 Å². The van der Waals surface area contributed by atoms with Gasteiger partial charge in [-0.2, -0.15) is 0 Å². The van der Waals surface area contributed by atoms with Crippen molar-refractivity contribution in [2.24, 2.45) is 5.16 Å². The molecule has 0 unspecified atom stereocenters. The van der Waals surface area contributed by atoms with Crippen molar-refractivity contribution >= 4 is 23.7 Å². The molecule has 22 heavy (non-hydrogen) atoms. The molecule has 8 nitrogen and oxygen atoms in total. The van der Waals surface area contributed by atoms with Crippen molar-refractivity contribution in [1.82, 2.24) is 4.90 Å². The summed E-state index contributed by atoms with van der Waals surface area (Å²) in [6.07, 6.45) is 2.13. The van der Waals surface area contributed by atoms with Crippen LogP contribution < -0.4 is 0 Å². The van der Waals surface area contributed by atoms with Gasteiger partial charge >= 0.3 is 18.0 Å². The van der Waals surface area contributed by atoms with Crippen molar-refractivity contribution in [2.45, 2.75) is 26.7 Å². The SMILES string of the molecule is CCOC(=O)C(=NOC(N1CCCC1)=[N+](C)C)C(=O)OCC. The Morgan fingerprint density at radius 1 is 1.05 bits per heavy atom. The minimum absolute atomic E-state index is 0.133. The summed E-state index contributed by atoms with van der Waals surface area (Å²) < 4.78 is 11.3. The van der Waals surface area contributed by atoms with Crippen molar-refractivity contribution in [1.29, 1.82) is 0 Å². The molecule has 8 heteroatoms. The third-order valence-electron chi connectivity index (χ3n) is 2.92. The molecule has 0 saturated carbocycles. The number of ether oxygens (including phenoxy) is 2. The van der Waals surface area contributed by atoms with Crippen LogP contribution in [0.25, 0.3) is 0 Å². The van der Waals surface area contributed by atoms with E-state index in [2.05, 4.69) is 5.16 Å². The molecule has 0 spiro atoms. The minimum atomic E-state index is -0.861. The quantitative estimate of drug-likeness (QED) is 0.180. The smallest absolute Gasteiger partial charge is 0.461 e. The molecule has 0 aromatic heterocycles. The monoisotopic (exact) mass is 314 g/mol. The Morgan fingerprint density at radius 3 is 1.95 bits per heavy atom. The highest BCUT2D eigenvalue weighted by atomic mass is 16.7. The summed E-state index contributed by atoms with van der Waals surface area (Å²) in [7, 11) is 3.61. The molecule has 1 aliphatic heterocycles. The van der Waals surface area contributed by atoms with Gasteiger partial charge in [0, 0.05) is 0 Å². The van der Waals surface area contributed by atoms with Gasteiger partial charge in [0.25, 0.3) is 5.71 Å². The van der Waals surface area contributed by atoms with Crippen LogP contribution in [0, 0.1) is 0 Å². The standard InChI is InChI=1S/C14H24N3O5/c1-5-20-12(18)11(13(19)21-6-2)15-22-14(16(3)4)17-9-7-8-10-17/h5-10H2,1-4H3/q+1. The molecule has 0 aliphatic carbocycles. The number of esters is 2. The minimum Gasteiger partial charge on any atom is -0.461 e. The molecular formula is C14H24N3O5+. The predicted molar refractivity (Wildman–Crippen MR) is 79.7 cm³/mol. The molecule has 1 rings (SSSR count). The van der Waals surface area contributed by atoms with Crippen LogP contribution in [0.4, 0.5) is 0 Å². The maximum atomic E-state index is 11.8. The summed E-state index contributed by atoms with van der Waals surface area (Å²) in [6.45, 7) is 5.24. The van der Waals surface area contributed by atoms with Crippen LogP contribution in [0.1, 0.15) is 26.7 Å². The molecule has 1 heterocycles. The predicted octanol–water partition coefficient (Wildman–Crippen LogP) is 0.209. The number of nitrogens with zero attached hydrogens (tertiary/aromatic N) is 3. The molecule has 0 atom stereocenters. The molecule has 0 N–H and O–H groups in total. The van der Waals surface area contributed by atoms with Crippen molar-refractivity contribution in [3.05, 3.63) is 0 Å². The van der Waals surface area contributed by atoms with E-state index in [1.54, 1.807) is 32.5 Å². The summed E-state index contributed by atoms with van der Waals surface area (Å²) in [5, 5.41) is 3.67. The highest BCUT2D eigenvalue weighted by Crippen LogP contribution is 2.09. The van der Waals surface area contributed by atoms with E-state index in [4.69, 9.17) is 14.3 Å². The zero-order chi connectivity index (χ0) is 16.5. The van der Waals surface area contributed by atoms with Crippen molar-refractivity contribution < 1.29 is 28.5 Å². The first-order valence-corrected chi connectivity index (χ1v) is 7.39. The zero-order valence-electron chi connectivity index (χ0n) is 13.6. The largest absolute Gasteiger partial charge is 0.472 e. The van der Waals surface area contributed by atoms with Crippen LogP contribution in [0.5, 0.6) is 0 Å². The van der Waals surface area contributed by atoms with Crippen LogP contribution in [-0.4, -0.2) is 73.5 Å². The summed E-state index contributed by atoms with van der Waals surface area (Å²) in [5.41, 5.74) is -0.498. The number of likely N-dealkylation sites (tertiary alicyclic amines) is 1. The lowest BCUT2D eigenvalue weighted by Crippen LogP contribution is -2.36. The molecule has 0 bridgehead atoms. The van der Waals surface area contributed by atoms with Gasteiger partial charge in [0.2, 0.25) is 0 Å². The molecule has 1 fully saturated rings. The zero-order valence-corrected chi connectivity index (χ0v) is 13.6. The van der Waals surface area contributed by atoms with Gasteiger partial charge in [-0.1, -0.05) is 5.16 Å². The van der Waals surface area contributed by atoms with Gasteiger partial charge in [-0.25, -0.2) is 19.1 Å². The highest BCUT2D eigenvalue weighted by Gasteiger charge is 2.30. The summed E-state index contributed by atoms with van der Waals surface area (Å²) >= 11 is 0. The summed E-state index contributed by atoms with van der Waals surface area (Å²) in [6, 6.07) is 0.476. The second-order valence-corrected chi connectivity index (χ2v) is 4.84. The first-order valence-electron chi connectivity index (χ1n) is 7.39. The van der Waals surface area contributed by atoms with Gasteiger partial charge < -0.3 is 9.47 Å². The summed E-state index contributed by atoms with van der Waals surface area (Å²) in [4.78, 5) is 30.9. The second-order valence-electron chi connectivity index (χ2n) is 4.84. The topological polar surface area (TPSA) is 80.4 Å². The van der Waals surface area contributed by atoms with Crippen LogP contribution in [0.2, 0.25) is 0 Å². The van der Waals surface area contributed by atoms with Gasteiger partial charge in [-0.05, 0) is 26.7 Å². The number of hydrogen-bond donors (Lipinski definition) is 0. The van der Waals surface area contributed by atoms with E-state index in [0.29, 0.717) is 6.02 Å². The Kier molecular flexibility index (Phi) is 7.34. The second kappa shape index (κ2) is 9.01. The Hall–Kier alpha value is -2.12. The Labute approximate surface area is 130 Å². The highest BCUT2D eigenvalue weighted by molar-refractivity contribution is 6.62.